The van der Waals surface area contributed by atoms with Gasteiger partial charge in [0.15, 0.2) is 6.10 Å². The minimum absolute atomic E-state index is 0.240. The van der Waals surface area contributed by atoms with Crippen LogP contribution in [0.25, 0.3) is 11.0 Å². The molecule has 2 atom stereocenters. The Hall–Kier alpha value is -3.98. The third-order valence-electron chi connectivity index (χ3n) is 6.08. The molecule has 0 spiro atoms. The van der Waals surface area contributed by atoms with Crippen molar-refractivity contribution in [2.45, 2.75) is 38.5 Å². The Balaban J connectivity index is 1.25. The minimum Gasteiger partial charge on any atom is -0.483 e. The Morgan fingerprint density at radius 2 is 1.69 bits per heavy atom. The zero-order valence-corrected chi connectivity index (χ0v) is 20.9. The van der Waals surface area contributed by atoms with E-state index in [2.05, 4.69) is 15.3 Å². The number of imide groups is 1. The van der Waals surface area contributed by atoms with Gasteiger partial charge in [-0.25, -0.2) is 4.98 Å². The minimum atomic E-state index is -0.388. The fourth-order valence-electron chi connectivity index (χ4n) is 4.10. The number of aromatic nitrogens is 2. The van der Waals surface area contributed by atoms with Gasteiger partial charge in [0.25, 0.3) is 5.24 Å². The van der Waals surface area contributed by atoms with Crippen LogP contribution in [0.3, 0.4) is 0 Å². The zero-order valence-electron chi connectivity index (χ0n) is 20.1. The molecule has 0 aliphatic carbocycles. The van der Waals surface area contributed by atoms with E-state index in [9.17, 15) is 9.59 Å². The molecule has 1 aliphatic rings. The van der Waals surface area contributed by atoms with Crippen LogP contribution in [0.4, 0.5) is 10.5 Å². The van der Waals surface area contributed by atoms with Crippen LogP contribution >= 0.6 is 11.8 Å². The first kappa shape index (κ1) is 23.7. The summed E-state index contributed by atoms with van der Waals surface area (Å²) in [5.41, 5.74) is 11.4. The van der Waals surface area contributed by atoms with Gasteiger partial charge in [-0.2, -0.15) is 0 Å². The average Bonchev–Trinajstić information content (AvgIpc) is 3.40. The van der Waals surface area contributed by atoms with E-state index in [1.165, 1.54) is 0 Å². The van der Waals surface area contributed by atoms with Crippen molar-refractivity contribution in [3.05, 3.63) is 77.1 Å². The first-order chi connectivity index (χ1) is 17.2. The van der Waals surface area contributed by atoms with Crippen molar-refractivity contribution in [1.82, 2.24) is 15.3 Å². The van der Waals surface area contributed by atoms with E-state index < -0.39 is 0 Å². The predicted molar refractivity (Wildman–Crippen MR) is 141 cm³/mol. The number of carbonyl (C=O) groups excluding carboxylic acids is 2. The first-order valence-electron chi connectivity index (χ1n) is 11.6. The molecule has 4 aromatic rings. The number of imidazole rings is 1. The summed E-state index contributed by atoms with van der Waals surface area (Å²) in [4.78, 5) is 31.1. The highest BCUT2D eigenvalue weighted by atomic mass is 32.2. The number of hydrogen-bond donors (Lipinski definition) is 3. The molecular formula is C27H26N4O4S. The Labute approximate surface area is 212 Å². The number of ether oxygens (including phenoxy) is 2. The number of aromatic amines is 1. The molecule has 1 aromatic heterocycles. The molecule has 4 N–H and O–H groups in total. The number of thioether (sulfide) groups is 1. The second kappa shape index (κ2) is 9.58. The number of carbonyl (C=O) groups is 2. The molecule has 8 nitrogen and oxygen atoms in total. The number of amides is 2. The Morgan fingerprint density at radius 1 is 1.00 bits per heavy atom. The quantitative estimate of drug-likeness (QED) is 0.282. The van der Waals surface area contributed by atoms with E-state index in [4.69, 9.17) is 15.2 Å². The van der Waals surface area contributed by atoms with Crippen LogP contribution in [0.1, 0.15) is 35.5 Å². The summed E-state index contributed by atoms with van der Waals surface area (Å²) in [7, 11) is 0. The maximum atomic E-state index is 11.8. The molecule has 2 heterocycles. The number of anilines is 1. The van der Waals surface area contributed by atoms with Gasteiger partial charge in [-0.3, -0.25) is 14.9 Å². The van der Waals surface area contributed by atoms with Crippen LogP contribution in [0.5, 0.6) is 17.2 Å². The molecule has 36 heavy (non-hydrogen) atoms. The highest BCUT2D eigenvalue weighted by molar-refractivity contribution is 8.15. The number of fused-ring (bicyclic) bond motifs is 1. The number of nitrogen functional groups attached to an aromatic ring is 1. The van der Waals surface area contributed by atoms with Crippen LogP contribution in [0, 0.1) is 13.8 Å². The summed E-state index contributed by atoms with van der Waals surface area (Å²) >= 11 is 1.03. The normalized spacial score (nSPS) is 16.2. The lowest BCUT2D eigenvalue weighted by Crippen LogP contribution is -2.25. The lowest BCUT2D eigenvalue weighted by molar-refractivity contribution is -0.118. The maximum absolute atomic E-state index is 11.8. The van der Waals surface area contributed by atoms with Crippen LogP contribution in [0.15, 0.2) is 54.6 Å². The van der Waals surface area contributed by atoms with Gasteiger partial charge in [-0.05, 0) is 80.3 Å². The second-order valence-corrected chi connectivity index (χ2v) is 10.0. The zero-order chi connectivity index (χ0) is 25.4. The molecule has 2 unspecified atom stereocenters. The fourth-order valence-corrected chi connectivity index (χ4v) is 4.96. The lowest BCUT2D eigenvalue weighted by Gasteiger charge is -2.13. The molecular weight excluding hydrogens is 476 g/mol. The number of nitrogens with two attached hydrogens (primary N) is 1. The van der Waals surface area contributed by atoms with Crippen molar-refractivity contribution < 1.29 is 19.1 Å². The molecule has 1 aliphatic heterocycles. The van der Waals surface area contributed by atoms with Crippen molar-refractivity contribution in [2.24, 2.45) is 0 Å². The van der Waals surface area contributed by atoms with E-state index in [1.807, 2.05) is 75.4 Å². The topological polar surface area (TPSA) is 119 Å². The van der Waals surface area contributed by atoms with Gasteiger partial charge in [-0.15, -0.1) is 0 Å². The fraction of sp³-hybridized carbons (Fsp3) is 0.222. The van der Waals surface area contributed by atoms with Crippen molar-refractivity contribution in [1.29, 1.82) is 0 Å². The van der Waals surface area contributed by atoms with Crippen LogP contribution < -0.4 is 20.5 Å². The van der Waals surface area contributed by atoms with Crippen molar-refractivity contribution in [3.63, 3.8) is 0 Å². The number of hydrogen-bond acceptors (Lipinski definition) is 7. The summed E-state index contributed by atoms with van der Waals surface area (Å²) in [6, 6.07) is 17.1. The molecule has 1 fully saturated rings. The summed E-state index contributed by atoms with van der Waals surface area (Å²) in [5, 5.41) is 1.63. The second-order valence-electron chi connectivity index (χ2n) is 8.87. The van der Waals surface area contributed by atoms with Crippen molar-refractivity contribution >= 4 is 39.6 Å². The molecule has 2 amide bonds. The maximum Gasteiger partial charge on any atom is 0.286 e. The highest BCUT2D eigenvalue weighted by Crippen LogP contribution is 2.30. The first-order valence-corrected chi connectivity index (χ1v) is 12.4. The highest BCUT2D eigenvalue weighted by Gasteiger charge is 2.31. The third kappa shape index (κ3) is 5.01. The smallest absolute Gasteiger partial charge is 0.286 e. The molecule has 0 radical (unpaired) electrons. The van der Waals surface area contributed by atoms with Crippen LogP contribution in [-0.2, 0) is 11.2 Å². The standard InChI is InChI=1S/C27H26N4O4S/c1-14-10-20(11-15(2)24(14)28)35-19-8-9-21-22(13-19)30-25(29-21)16(3)34-18-6-4-17(5-7-18)12-23-26(32)31-27(33)36-23/h4-11,13,16,23H,12,28H2,1-3H3,(H,29,30)(H,31,32,33). The number of rotatable bonds is 7. The lowest BCUT2D eigenvalue weighted by atomic mass is 10.1. The molecule has 9 heteroatoms. The number of aryl methyl sites for hydroxylation is 2. The number of H-pyrrole nitrogens is 1. The summed E-state index contributed by atoms with van der Waals surface area (Å²) < 4.78 is 12.1. The van der Waals surface area contributed by atoms with Gasteiger partial charge in [-0.1, -0.05) is 23.9 Å². The summed E-state index contributed by atoms with van der Waals surface area (Å²) in [6.07, 6.45) is 0.172. The van der Waals surface area contributed by atoms with E-state index in [0.29, 0.717) is 23.7 Å². The van der Waals surface area contributed by atoms with E-state index in [1.54, 1.807) is 0 Å². The van der Waals surface area contributed by atoms with Crippen LogP contribution in [-0.4, -0.2) is 26.4 Å². The third-order valence-corrected chi connectivity index (χ3v) is 7.07. The van der Waals surface area contributed by atoms with E-state index >= 15 is 0 Å². The van der Waals surface area contributed by atoms with Gasteiger partial charge >= 0.3 is 0 Å². The van der Waals surface area contributed by atoms with Gasteiger partial charge in [0.05, 0.1) is 16.3 Å². The van der Waals surface area contributed by atoms with E-state index in [0.717, 1.165) is 50.9 Å². The largest absolute Gasteiger partial charge is 0.483 e. The molecule has 184 valence electrons. The Kier molecular flexibility index (Phi) is 6.32. The van der Waals surface area contributed by atoms with Gasteiger partial charge < -0.3 is 20.2 Å². The number of nitrogens with one attached hydrogen (secondary N) is 2. The summed E-state index contributed by atoms with van der Waals surface area (Å²) in [6.45, 7) is 5.85. The SMILES string of the molecule is Cc1cc(Oc2ccc3nc(C(C)Oc4ccc(CC5SC(=O)NC5=O)cc4)[nH]c3c2)cc(C)c1N. The Morgan fingerprint density at radius 3 is 2.36 bits per heavy atom. The number of nitrogens with zero attached hydrogens (tertiary/aromatic N) is 1. The van der Waals surface area contributed by atoms with Gasteiger partial charge in [0, 0.05) is 11.8 Å². The van der Waals surface area contributed by atoms with E-state index in [-0.39, 0.29) is 22.5 Å². The van der Waals surface area contributed by atoms with Gasteiger partial charge in [0.2, 0.25) is 5.91 Å². The van der Waals surface area contributed by atoms with Crippen LogP contribution in [0.2, 0.25) is 0 Å². The molecule has 0 bridgehead atoms. The van der Waals surface area contributed by atoms with Gasteiger partial charge in [0.1, 0.15) is 23.1 Å². The van der Waals surface area contributed by atoms with Crippen molar-refractivity contribution in [2.75, 3.05) is 5.73 Å². The predicted octanol–water partition coefficient (Wildman–Crippen LogP) is 5.59. The van der Waals surface area contributed by atoms with Crippen molar-refractivity contribution in [3.8, 4) is 17.2 Å². The molecule has 0 saturated carbocycles. The number of benzene rings is 3. The molecule has 3 aromatic carbocycles. The average molecular weight is 503 g/mol. The molecule has 5 rings (SSSR count). The monoisotopic (exact) mass is 502 g/mol. The molecule has 1 saturated heterocycles. The summed E-state index contributed by atoms with van der Waals surface area (Å²) in [5.74, 6) is 2.57. The Bertz CT molecular complexity index is 1440.